The van der Waals surface area contributed by atoms with Gasteiger partial charge in [0.2, 0.25) is 0 Å². The molecule has 0 unspecified atom stereocenters. The topological polar surface area (TPSA) is 47.8 Å². The van der Waals surface area contributed by atoms with Crippen molar-refractivity contribution in [2.45, 2.75) is 5.16 Å². The van der Waals surface area contributed by atoms with Crippen LogP contribution in [0.5, 0.6) is 0 Å². The van der Waals surface area contributed by atoms with Crippen LogP contribution in [0.15, 0.2) is 29.7 Å². The first kappa shape index (κ1) is 13.4. The molecule has 0 saturated heterocycles. The number of hydrogen-bond donors (Lipinski definition) is 0. The molecule has 0 amide bonds. The number of thioether (sulfide) groups is 1. The van der Waals surface area contributed by atoms with Gasteiger partial charge in [-0.2, -0.15) is 0 Å². The molecule has 0 fully saturated rings. The molecule has 18 heavy (non-hydrogen) atoms. The van der Waals surface area contributed by atoms with E-state index in [-0.39, 0.29) is 11.5 Å². The van der Waals surface area contributed by atoms with Crippen LogP contribution in [0.4, 0.5) is 0 Å². The minimum absolute atomic E-state index is 0.0263. The average molecular weight is 302 g/mol. The van der Waals surface area contributed by atoms with Crippen LogP contribution in [0.2, 0.25) is 10.0 Å². The summed E-state index contributed by atoms with van der Waals surface area (Å²) in [6.07, 6.45) is 1.59. The van der Waals surface area contributed by atoms with E-state index in [2.05, 4.69) is 10.2 Å². The highest BCUT2D eigenvalue weighted by atomic mass is 35.5. The zero-order chi connectivity index (χ0) is 13.1. The fraction of sp³-hybridized carbons (Fsp3) is 0.182. The third kappa shape index (κ3) is 3.04. The monoisotopic (exact) mass is 301 g/mol. The van der Waals surface area contributed by atoms with Crippen LogP contribution in [0, 0.1) is 0 Å². The lowest BCUT2D eigenvalue weighted by molar-refractivity contribution is 0.102. The summed E-state index contributed by atoms with van der Waals surface area (Å²) in [4.78, 5) is 11.9. The molecular weight excluding hydrogens is 293 g/mol. The van der Waals surface area contributed by atoms with Crippen LogP contribution >= 0.6 is 35.0 Å². The van der Waals surface area contributed by atoms with Crippen molar-refractivity contribution in [2.24, 2.45) is 7.05 Å². The smallest absolute Gasteiger partial charge is 0.191 e. The van der Waals surface area contributed by atoms with Gasteiger partial charge < -0.3 is 4.57 Å². The van der Waals surface area contributed by atoms with Crippen LogP contribution < -0.4 is 0 Å². The number of Topliss-reactive ketones (excluding diaryl/α,β-unsaturated/α-hetero) is 1. The summed E-state index contributed by atoms with van der Waals surface area (Å²) < 4.78 is 1.76. The highest BCUT2D eigenvalue weighted by Gasteiger charge is 2.10. The first-order chi connectivity index (χ1) is 8.58. The number of aryl methyl sites for hydroxylation is 1. The van der Waals surface area contributed by atoms with Crippen molar-refractivity contribution in [3.63, 3.8) is 0 Å². The number of ketones is 1. The van der Waals surface area contributed by atoms with Crippen molar-refractivity contribution in [1.29, 1.82) is 0 Å². The molecule has 0 aliphatic rings. The van der Waals surface area contributed by atoms with Crippen molar-refractivity contribution < 1.29 is 4.79 Å². The second-order valence-electron chi connectivity index (χ2n) is 3.57. The number of benzene rings is 1. The lowest BCUT2D eigenvalue weighted by Gasteiger charge is -2.02. The van der Waals surface area contributed by atoms with Gasteiger partial charge in [0, 0.05) is 12.6 Å². The molecule has 0 radical (unpaired) electrons. The van der Waals surface area contributed by atoms with Crippen molar-refractivity contribution in [2.75, 3.05) is 5.75 Å². The standard InChI is InChI=1S/C11H9Cl2N3OS/c1-16-6-14-15-11(16)18-5-10(17)7-2-3-8(12)9(13)4-7/h2-4,6H,5H2,1H3. The molecule has 1 heterocycles. The van der Waals surface area contributed by atoms with Gasteiger partial charge in [-0.1, -0.05) is 35.0 Å². The highest BCUT2D eigenvalue weighted by molar-refractivity contribution is 7.99. The van der Waals surface area contributed by atoms with Gasteiger partial charge in [0.25, 0.3) is 0 Å². The second kappa shape index (κ2) is 5.73. The number of rotatable bonds is 4. The third-order valence-corrected chi connectivity index (χ3v) is 4.02. The van der Waals surface area contributed by atoms with Gasteiger partial charge in [-0.15, -0.1) is 10.2 Å². The largest absolute Gasteiger partial charge is 0.312 e. The predicted molar refractivity (Wildman–Crippen MR) is 72.5 cm³/mol. The molecule has 0 saturated carbocycles. The van der Waals surface area contributed by atoms with Gasteiger partial charge in [0.1, 0.15) is 6.33 Å². The fourth-order valence-electron chi connectivity index (χ4n) is 1.29. The minimum Gasteiger partial charge on any atom is -0.312 e. The molecule has 1 aromatic heterocycles. The number of aromatic nitrogens is 3. The highest BCUT2D eigenvalue weighted by Crippen LogP contribution is 2.24. The third-order valence-electron chi connectivity index (χ3n) is 2.24. The summed E-state index contributed by atoms with van der Waals surface area (Å²) in [6.45, 7) is 0. The first-order valence-electron chi connectivity index (χ1n) is 5.03. The Balaban J connectivity index is 2.04. The summed E-state index contributed by atoms with van der Waals surface area (Å²) in [7, 11) is 1.83. The zero-order valence-corrected chi connectivity index (χ0v) is 11.8. The molecule has 0 spiro atoms. The predicted octanol–water partition coefficient (Wildman–Crippen LogP) is 3.10. The fourth-order valence-corrected chi connectivity index (χ4v) is 2.37. The number of carbonyl (C=O) groups is 1. The Morgan fingerprint density at radius 3 is 2.78 bits per heavy atom. The quantitative estimate of drug-likeness (QED) is 0.643. The molecule has 0 aliphatic heterocycles. The van der Waals surface area contributed by atoms with Gasteiger partial charge in [0.05, 0.1) is 15.8 Å². The van der Waals surface area contributed by atoms with E-state index < -0.39 is 0 Å². The van der Waals surface area contributed by atoms with Crippen LogP contribution in [-0.2, 0) is 7.05 Å². The summed E-state index contributed by atoms with van der Waals surface area (Å²) in [5, 5.41) is 9.15. The molecule has 1 aromatic carbocycles. The van der Waals surface area contributed by atoms with Crippen molar-refractivity contribution in [1.82, 2.24) is 14.8 Å². The molecule has 0 bridgehead atoms. The van der Waals surface area contributed by atoms with Crippen LogP contribution in [0.25, 0.3) is 0 Å². The van der Waals surface area contributed by atoms with E-state index in [1.165, 1.54) is 11.8 Å². The van der Waals surface area contributed by atoms with Gasteiger partial charge in [-0.25, -0.2) is 0 Å². The number of hydrogen-bond acceptors (Lipinski definition) is 4. The number of carbonyl (C=O) groups excluding carboxylic acids is 1. The minimum atomic E-state index is -0.0263. The van der Waals surface area contributed by atoms with Gasteiger partial charge in [-0.05, 0) is 18.2 Å². The van der Waals surface area contributed by atoms with Crippen molar-refractivity contribution in [3.8, 4) is 0 Å². The summed E-state index contributed by atoms with van der Waals surface area (Å²) in [5.74, 6) is 0.256. The maximum Gasteiger partial charge on any atom is 0.191 e. The molecule has 0 aliphatic carbocycles. The average Bonchev–Trinajstić information content (AvgIpc) is 2.75. The summed E-state index contributed by atoms with van der Waals surface area (Å²) >= 11 is 13.0. The molecule has 94 valence electrons. The Morgan fingerprint density at radius 2 is 2.17 bits per heavy atom. The Labute approximate surface area is 118 Å². The molecule has 2 aromatic rings. The van der Waals surface area contributed by atoms with Gasteiger partial charge in [-0.3, -0.25) is 4.79 Å². The van der Waals surface area contributed by atoms with E-state index >= 15 is 0 Å². The number of nitrogens with zero attached hydrogens (tertiary/aromatic N) is 3. The Morgan fingerprint density at radius 1 is 1.39 bits per heavy atom. The van der Waals surface area contributed by atoms with Crippen molar-refractivity contribution >= 4 is 40.7 Å². The van der Waals surface area contributed by atoms with Gasteiger partial charge >= 0.3 is 0 Å². The van der Waals surface area contributed by atoms with Crippen molar-refractivity contribution in [3.05, 3.63) is 40.1 Å². The van der Waals surface area contributed by atoms with Crippen LogP contribution in [-0.4, -0.2) is 26.3 Å². The summed E-state index contributed by atoms with van der Waals surface area (Å²) in [5.41, 5.74) is 0.541. The normalized spacial score (nSPS) is 10.6. The van der Waals surface area contributed by atoms with Gasteiger partial charge in [0.15, 0.2) is 10.9 Å². The lowest BCUT2D eigenvalue weighted by Crippen LogP contribution is -2.03. The SMILES string of the molecule is Cn1cnnc1SCC(=O)c1ccc(Cl)c(Cl)c1. The van der Waals surface area contributed by atoms with E-state index in [9.17, 15) is 4.79 Å². The second-order valence-corrected chi connectivity index (χ2v) is 5.32. The zero-order valence-electron chi connectivity index (χ0n) is 9.43. The van der Waals surface area contributed by atoms with Crippen LogP contribution in [0.3, 0.4) is 0 Å². The van der Waals surface area contributed by atoms with E-state index in [0.717, 1.165) is 0 Å². The van der Waals surface area contributed by atoms with E-state index in [1.54, 1.807) is 29.1 Å². The first-order valence-corrected chi connectivity index (χ1v) is 6.77. The van der Waals surface area contributed by atoms with E-state index in [0.29, 0.717) is 20.8 Å². The molecule has 0 N–H and O–H groups in total. The summed E-state index contributed by atoms with van der Waals surface area (Å²) in [6, 6.07) is 4.85. The van der Waals surface area contributed by atoms with E-state index in [1.807, 2.05) is 7.05 Å². The Kier molecular flexibility index (Phi) is 4.27. The van der Waals surface area contributed by atoms with Crippen LogP contribution in [0.1, 0.15) is 10.4 Å². The van der Waals surface area contributed by atoms with E-state index in [4.69, 9.17) is 23.2 Å². The molecular formula is C11H9Cl2N3OS. The molecule has 2 rings (SSSR count). The maximum absolute atomic E-state index is 11.9. The number of halogens is 2. The Hall–Kier alpha value is -1.04. The molecule has 7 heteroatoms. The lowest BCUT2D eigenvalue weighted by atomic mass is 10.1. The maximum atomic E-state index is 11.9. The Bertz CT molecular complexity index is 585. The molecule has 4 nitrogen and oxygen atoms in total. The molecule has 0 atom stereocenters.